The maximum Gasteiger partial charge on any atom is 0.248 e. The first-order valence-corrected chi connectivity index (χ1v) is 11.5. The Morgan fingerprint density at radius 1 is 1.11 bits per heavy atom. The van der Waals surface area contributed by atoms with E-state index in [1.54, 1.807) is 25.1 Å². The third-order valence-electron chi connectivity index (χ3n) is 4.32. The van der Waals surface area contributed by atoms with Crippen LogP contribution >= 0.6 is 23.2 Å². The highest BCUT2D eigenvalue weighted by Crippen LogP contribution is 2.33. The van der Waals surface area contributed by atoms with Crippen molar-refractivity contribution in [3.8, 4) is 0 Å². The SMILES string of the molecule is CC[C@H](C(=O)Nc1ccc(C(C)C)cc1)N(c1cc(Cl)ccc1Cl)S(C)(=O)=O. The van der Waals surface area contributed by atoms with Gasteiger partial charge in [-0.25, -0.2) is 8.42 Å². The molecule has 0 aliphatic heterocycles. The topological polar surface area (TPSA) is 66.5 Å². The van der Waals surface area contributed by atoms with Gasteiger partial charge in [0.15, 0.2) is 0 Å². The molecule has 0 saturated carbocycles. The van der Waals surface area contributed by atoms with Crippen LogP contribution in [0.3, 0.4) is 0 Å². The van der Waals surface area contributed by atoms with E-state index in [2.05, 4.69) is 19.2 Å². The van der Waals surface area contributed by atoms with Crippen LogP contribution in [0.2, 0.25) is 10.0 Å². The summed E-state index contributed by atoms with van der Waals surface area (Å²) in [5.74, 6) is -0.0693. The van der Waals surface area contributed by atoms with Crippen molar-refractivity contribution in [2.75, 3.05) is 15.9 Å². The zero-order chi connectivity index (χ0) is 21.1. The van der Waals surface area contributed by atoms with Crippen molar-refractivity contribution in [3.63, 3.8) is 0 Å². The fraction of sp³-hybridized carbons (Fsp3) is 0.350. The Morgan fingerprint density at radius 3 is 2.21 bits per heavy atom. The molecule has 0 heterocycles. The van der Waals surface area contributed by atoms with Crippen LogP contribution in [0.25, 0.3) is 0 Å². The Labute approximate surface area is 176 Å². The molecule has 2 rings (SSSR count). The molecule has 5 nitrogen and oxygen atoms in total. The van der Waals surface area contributed by atoms with Crippen molar-refractivity contribution in [3.05, 3.63) is 58.1 Å². The first kappa shape index (κ1) is 22.5. The zero-order valence-corrected chi connectivity index (χ0v) is 18.6. The number of nitrogens with zero attached hydrogens (tertiary/aromatic N) is 1. The highest BCUT2D eigenvalue weighted by Gasteiger charge is 2.33. The molecule has 0 radical (unpaired) electrons. The normalized spacial score (nSPS) is 12.7. The molecule has 0 fully saturated rings. The average molecular weight is 443 g/mol. The number of nitrogens with one attached hydrogen (secondary N) is 1. The molecule has 2 aromatic rings. The summed E-state index contributed by atoms with van der Waals surface area (Å²) < 4.78 is 26.1. The summed E-state index contributed by atoms with van der Waals surface area (Å²) in [6, 6.07) is 11.0. The summed E-state index contributed by atoms with van der Waals surface area (Å²) in [7, 11) is -3.79. The summed E-state index contributed by atoms with van der Waals surface area (Å²) in [6.07, 6.45) is 1.30. The number of hydrogen-bond donors (Lipinski definition) is 1. The van der Waals surface area contributed by atoms with Crippen molar-refractivity contribution in [2.24, 2.45) is 0 Å². The molecule has 0 unspecified atom stereocenters. The van der Waals surface area contributed by atoms with E-state index in [1.807, 2.05) is 12.1 Å². The van der Waals surface area contributed by atoms with Crippen molar-refractivity contribution in [2.45, 2.75) is 39.2 Å². The molecular weight excluding hydrogens is 419 g/mol. The van der Waals surface area contributed by atoms with Gasteiger partial charge in [0.1, 0.15) is 6.04 Å². The summed E-state index contributed by atoms with van der Waals surface area (Å²) in [6.45, 7) is 5.90. The highest BCUT2D eigenvalue weighted by atomic mass is 35.5. The Morgan fingerprint density at radius 2 is 1.71 bits per heavy atom. The summed E-state index contributed by atoms with van der Waals surface area (Å²) in [5, 5.41) is 3.32. The monoisotopic (exact) mass is 442 g/mol. The van der Waals surface area contributed by atoms with Crippen LogP contribution < -0.4 is 9.62 Å². The third-order valence-corrected chi connectivity index (χ3v) is 6.04. The van der Waals surface area contributed by atoms with Gasteiger partial charge in [0.25, 0.3) is 0 Å². The van der Waals surface area contributed by atoms with Gasteiger partial charge in [-0.1, -0.05) is 56.1 Å². The van der Waals surface area contributed by atoms with E-state index in [4.69, 9.17) is 23.2 Å². The van der Waals surface area contributed by atoms with E-state index in [0.717, 1.165) is 16.1 Å². The first-order chi connectivity index (χ1) is 13.0. The molecule has 0 saturated heterocycles. The average Bonchev–Trinajstić information content (AvgIpc) is 2.61. The molecule has 0 aromatic heterocycles. The number of sulfonamides is 1. The molecular formula is C20H24Cl2N2O3S. The number of hydrogen-bond acceptors (Lipinski definition) is 3. The summed E-state index contributed by atoms with van der Waals surface area (Å²) >= 11 is 12.2. The van der Waals surface area contributed by atoms with Crippen LogP contribution in [0.4, 0.5) is 11.4 Å². The van der Waals surface area contributed by atoms with Crippen molar-refractivity contribution in [1.29, 1.82) is 0 Å². The standard InChI is InChI=1S/C20H24Cl2N2O3S/c1-5-18(20(25)23-16-9-6-14(7-10-16)13(2)3)24(28(4,26)27)19-12-15(21)8-11-17(19)22/h6-13,18H,5H2,1-4H3,(H,23,25)/t18-/m1/s1. The largest absolute Gasteiger partial charge is 0.324 e. The molecule has 0 aliphatic carbocycles. The Bertz CT molecular complexity index is 944. The van der Waals surface area contributed by atoms with Gasteiger partial charge in [-0.2, -0.15) is 0 Å². The van der Waals surface area contributed by atoms with Gasteiger partial charge in [0.2, 0.25) is 15.9 Å². The highest BCUT2D eigenvalue weighted by molar-refractivity contribution is 7.92. The molecule has 1 N–H and O–H groups in total. The van der Waals surface area contributed by atoms with Gasteiger partial charge in [-0.3, -0.25) is 9.10 Å². The lowest BCUT2D eigenvalue weighted by molar-refractivity contribution is -0.117. The minimum atomic E-state index is -3.79. The van der Waals surface area contributed by atoms with Crippen molar-refractivity contribution >= 4 is 50.5 Å². The third kappa shape index (κ3) is 5.40. The van der Waals surface area contributed by atoms with E-state index < -0.39 is 22.0 Å². The second-order valence-electron chi connectivity index (χ2n) is 6.84. The number of anilines is 2. The van der Waals surface area contributed by atoms with Gasteiger partial charge in [0, 0.05) is 10.7 Å². The van der Waals surface area contributed by atoms with Crippen LogP contribution in [0, 0.1) is 0 Å². The maximum atomic E-state index is 12.9. The lowest BCUT2D eigenvalue weighted by atomic mass is 10.0. The van der Waals surface area contributed by atoms with E-state index in [-0.39, 0.29) is 17.1 Å². The van der Waals surface area contributed by atoms with Crippen molar-refractivity contribution in [1.82, 2.24) is 0 Å². The Balaban J connectivity index is 2.38. The van der Waals surface area contributed by atoms with E-state index >= 15 is 0 Å². The molecule has 1 amide bonds. The van der Waals surface area contributed by atoms with E-state index in [9.17, 15) is 13.2 Å². The molecule has 1 atom stereocenters. The summed E-state index contributed by atoms with van der Waals surface area (Å²) in [5.41, 5.74) is 1.92. The van der Waals surface area contributed by atoms with Crippen LogP contribution in [0.15, 0.2) is 42.5 Å². The number of rotatable bonds is 7. The van der Waals surface area contributed by atoms with Gasteiger partial charge in [-0.15, -0.1) is 0 Å². The lowest BCUT2D eigenvalue weighted by Gasteiger charge is -2.30. The Hall–Kier alpha value is -1.76. The summed E-state index contributed by atoms with van der Waals surface area (Å²) in [4.78, 5) is 12.9. The van der Waals surface area contributed by atoms with E-state index in [0.29, 0.717) is 16.6 Å². The molecule has 0 bridgehead atoms. The molecule has 28 heavy (non-hydrogen) atoms. The van der Waals surface area contributed by atoms with Crippen LogP contribution in [-0.4, -0.2) is 26.6 Å². The number of amides is 1. The number of carbonyl (C=O) groups excluding carboxylic acids is 1. The Kier molecular flexibility index (Phi) is 7.37. The smallest absolute Gasteiger partial charge is 0.248 e. The van der Waals surface area contributed by atoms with Crippen molar-refractivity contribution < 1.29 is 13.2 Å². The maximum absolute atomic E-state index is 12.9. The van der Waals surface area contributed by atoms with Crippen LogP contribution in [0.1, 0.15) is 38.7 Å². The fourth-order valence-electron chi connectivity index (χ4n) is 2.87. The van der Waals surface area contributed by atoms with Gasteiger partial charge in [-0.05, 0) is 48.2 Å². The predicted octanol–water partition coefficient (Wildman–Crippen LogP) is 5.30. The number of halogens is 2. The second kappa shape index (κ2) is 9.16. The molecule has 0 aliphatic rings. The zero-order valence-electron chi connectivity index (χ0n) is 16.2. The predicted molar refractivity (Wildman–Crippen MR) is 117 cm³/mol. The minimum Gasteiger partial charge on any atom is -0.324 e. The van der Waals surface area contributed by atoms with Gasteiger partial charge in [0.05, 0.1) is 17.0 Å². The van der Waals surface area contributed by atoms with Crippen LogP contribution in [0.5, 0.6) is 0 Å². The van der Waals surface area contributed by atoms with Gasteiger partial charge < -0.3 is 5.32 Å². The number of benzene rings is 2. The van der Waals surface area contributed by atoms with Gasteiger partial charge >= 0.3 is 0 Å². The number of carbonyl (C=O) groups is 1. The fourth-order valence-corrected chi connectivity index (χ4v) is 4.51. The molecule has 152 valence electrons. The molecule has 2 aromatic carbocycles. The second-order valence-corrected chi connectivity index (χ2v) is 9.55. The minimum absolute atomic E-state index is 0.175. The lowest BCUT2D eigenvalue weighted by Crippen LogP contribution is -2.47. The van der Waals surface area contributed by atoms with E-state index in [1.165, 1.54) is 12.1 Å². The molecule has 0 spiro atoms. The van der Waals surface area contributed by atoms with Crippen LogP contribution in [-0.2, 0) is 14.8 Å². The quantitative estimate of drug-likeness (QED) is 0.632. The first-order valence-electron chi connectivity index (χ1n) is 8.89. The molecule has 8 heteroatoms.